The predicted molar refractivity (Wildman–Crippen MR) is 97.6 cm³/mol. The van der Waals surface area contributed by atoms with Crippen molar-refractivity contribution in [1.82, 2.24) is 14.7 Å². The number of carbonyl (C=O) groups excluding carboxylic acids is 1. The largest absolute Gasteiger partial charge is 0.497 e. The second kappa shape index (κ2) is 7.06. The molecule has 0 radical (unpaired) electrons. The van der Waals surface area contributed by atoms with Gasteiger partial charge in [-0.1, -0.05) is 5.16 Å². The molecule has 1 fully saturated rings. The molecule has 8 nitrogen and oxygen atoms in total. The molecule has 1 aromatic carbocycles. The molecule has 0 unspecified atom stereocenters. The number of aromatic nitrogens is 3. The second-order valence-electron chi connectivity index (χ2n) is 6.39. The fourth-order valence-corrected chi connectivity index (χ4v) is 2.67. The average molecular weight is 366 g/mol. The minimum absolute atomic E-state index is 0.123. The summed E-state index contributed by atoms with van der Waals surface area (Å²) in [4.78, 5) is 28.8. The van der Waals surface area contributed by atoms with E-state index in [9.17, 15) is 9.59 Å². The van der Waals surface area contributed by atoms with Gasteiger partial charge in [0.1, 0.15) is 12.3 Å². The van der Waals surface area contributed by atoms with Crippen LogP contribution in [0.15, 0.2) is 51.9 Å². The van der Waals surface area contributed by atoms with Gasteiger partial charge in [-0.05, 0) is 43.2 Å². The Kier molecular flexibility index (Phi) is 4.45. The maximum absolute atomic E-state index is 12.3. The van der Waals surface area contributed by atoms with Crippen LogP contribution in [-0.2, 0) is 11.3 Å². The lowest BCUT2D eigenvalue weighted by Crippen LogP contribution is -2.26. The first kappa shape index (κ1) is 17.0. The van der Waals surface area contributed by atoms with E-state index in [2.05, 4.69) is 15.5 Å². The van der Waals surface area contributed by atoms with Crippen LogP contribution in [0.25, 0.3) is 11.5 Å². The van der Waals surface area contributed by atoms with Gasteiger partial charge in [-0.15, -0.1) is 0 Å². The summed E-state index contributed by atoms with van der Waals surface area (Å²) in [5.74, 6) is 1.80. The standard InChI is InChI=1S/C19H18N4O4/c1-26-15-7-5-14(6-8-15)20-16(24)11-23-10-13(4-9-17(23)25)19-21-18(22-27-19)12-2-3-12/h4-10,12H,2-3,11H2,1H3,(H,20,24). The Morgan fingerprint density at radius 1 is 1.26 bits per heavy atom. The molecule has 1 saturated carbocycles. The van der Waals surface area contributed by atoms with Gasteiger partial charge in [0.15, 0.2) is 5.82 Å². The molecule has 138 valence electrons. The summed E-state index contributed by atoms with van der Waals surface area (Å²) < 4.78 is 11.7. The van der Waals surface area contributed by atoms with E-state index in [1.807, 2.05) is 0 Å². The molecule has 4 rings (SSSR count). The van der Waals surface area contributed by atoms with Crippen molar-refractivity contribution in [3.8, 4) is 17.2 Å². The number of hydrogen-bond donors (Lipinski definition) is 1. The van der Waals surface area contributed by atoms with Gasteiger partial charge in [0.05, 0.1) is 12.7 Å². The van der Waals surface area contributed by atoms with Crippen LogP contribution in [-0.4, -0.2) is 27.7 Å². The van der Waals surface area contributed by atoms with E-state index in [1.54, 1.807) is 43.6 Å². The van der Waals surface area contributed by atoms with E-state index in [4.69, 9.17) is 9.26 Å². The number of nitrogens with one attached hydrogen (secondary N) is 1. The topological polar surface area (TPSA) is 99.2 Å². The monoisotopic (exact) mass is 366 g/mol. The molecule has 1 aliphatic rings. The molecule has 2 heterocycles. The predicted octanol–water partition coefficient (Wildman–Crippen LogP) is 2.42. The molecule has 1 aliphatic carbocycles. The number of nitrogens with zero attached hydrogens (tertiary/aromatic N) is 3. The summed E-state index contributed by atoms with van der Waals surface area (Å²) >= 11 is 0. The summed E-state index contributed by atoms with van der Waals surface area (Å²) in [6.07, 6.45) is 3.70. The van der Waals surface area contributed by atoms with E-state index in [-0.39, 0.29) is 18.0 Å². The van der Waals surface area contributed by atoms with Crippen molar-refractivity contribution < 1.29 is 14.1 Å². The Labute approximate surface area is 154 Å². The van der Waals surface area contributed by atoms with Crippen molar-refractivity contribution in [2.75, 3.05) is 12.4 Å². The Morgan fingerprint density at radius 3 is 2.74 bits per heavy atom. The molecular formula is C19H18N4O4. The number of methoxy groups -OCH3 is 1. The summed E-state index contributed by atoms with van der Waals surface area (Å²) in [5, 5.41) is 6.72. The van der Waals surface area contributed by atoms with Crippen molar-refractivity contribution in [2.45, 2.75) is 25.3 Å². The highest BCUT2D eigenvalue weighted by atomic mass is 16.5. The fraction of sp³-hybridized carbons (Fsp3) is 0.263. The van der Waals surface area contributed by atoms with Crippen LogP contribution in [0.5, 0.6) is 5.75 Å². The molecular weight excluding hydrogens is 348 g/mol. The highest BCUT2D eigenvalue weighted by Crippen LogP contribution is 2.38. The van der Waals surface area contributed by atoms with E-state index >= 15 is 0 Å². The van der Waals surface area contributed by atoms with Crippen molar-refractivity contribution in [3.63, 3.8) is 0 Å². The van der Waals surface area contributed by atoms with Gasteiger partial charge in [0, 0.05) is 23.9 Å². The highest BCUT2D eigenvalue weighted by molar-refractivity contribution is 5.90. The zero-order chi connectivity index (χ0) is 18.8. The third-order valence-electron chi connectivity index (χ3n) is 4.30. The minimum Gasteiger partial charge on any atom is -0.497 e. The Morgan fingerprint density at radius 2 is 2.04 bits per heavy atom. The van der Waals surface area contributed by atoms with Crippen molar-refractivity contribution in [1.29, 1.82) is 0 Å². The van der Waals surface area contributed by atoms with Gasteiger partial charge in [-0.3, -0.25) is 9.59 Å². The van der Waals surface area contributed by atoms with Crippen LogP contribution in [0.2, 0.25) is 0 Å². The quantitative estimate of drug-likeness (QED) is 0.719. The van der Waals surface area contributed by atoms with Crippen molar-refractivity contribution in [3.05, 3.63) is 58.8 Å². The van der Waals surface area contributed by atoms with Gasteiger partial charge in [0.25, 0.3) is 11.4 Å². The van der Waals surface area contributed by atoms with Crippen LogP contribution in [0, 0.1) is 0 Å². The first-order chi connectivity index (χ1) is 13.1. The number of carbonyl (C=O) groups is 1. The highest BCUT2D eigenvalue weighted by Gasteiger charge is 2.29. The third-order valence-corrected chi connectivity index (χ3v) is 4.30. The zero-order valence-corrected chi connectivity index (χ0v) is 14.7. The first-order valence-corrected chi connectivity index (χ1v) is 8.61. The van der Waals surface area contributed by atoms with E-state index in [0.717, 1.165) is 12.8 Å². The molecule has 0 aliphatic heterocycles. The lowest BCUT2D eigenvalue weighted by molar-refractivity contribution is -0.116. The molecule has 0 saturated heterocycles. The van der Waals surface area contributed by atoms with E-state index in [0.29, 0.717) is 34.6 Å². The lowest BCUT2D eigenvalue weighted by Gasteiger charge is -2.08. The Balaban J connectivity index is 1.48. The normalized spacial score (nSPS) is 13.4. The molecule has 1 N–H and O–H groups in total. The summed E-state index contributed by atoms with van der Waals surface area (Å²) in [5.41, 5.74) is 0.938. The minimum atomic E-state index is -0.316. The number of ether oxygens (including phenoxy) is 1. The number of benzene rings is 1. The number of hydrogen-bond acceptors (Lipinski definition) is 6. The van der Waals surface area contributed by atoms with Crippen LogP contribution in [0.4, 0.5) is 5.69 Å². The SMILES string of the molecule is COc1ccc(NC(=O)Cn2cc(-c3nc(C4CC4)no3)ccc2=O)cc1. The maximum Gasteiger partial charge on any atom is 0.259 e. The molecule has 3 aromatic rings. The van der Waals surface area contributed by atoms with E-state index in [1.165, 1.54) is 10.6 Å². The molecule has 0 bridgehead atoms. The molecule has 1 amide bonds. The summed E-state index contributed by atoms with van der Waals surface area (Å²) in [7, 11) is 1.57. The Bertz CT molecular complexity index is 1020. The van der Waals surface area contributed by atoms with Gasteiger partial charge in [0.2, 0.25) is 5.91 Å². The molecule has 27 heavy (non-hydrogen) atoms. The average Bonchev–Trinajstić information content (AvgIpc) is 3.41. The van der Waals surface area contributed by atoms with Crippen LogP contribution in [0.3, 0.4) is 0 Å². The van der Waals surface area contributed by atoms with E-state index < -0.39 is 0 Å². The van der Waals surface area contributed by atoms with Crippen LogP contribution >= 0.6 is 0 Å². The zero-order valence-electron chi connectivity index (χ0n) is 14.7. The summed E-state index contributed by atoms with van der Waals surface area (Å²) in [6.45, 7) is -0.123. The molecule has 2 aromatic heterocycles. The number of amides is 1. The number of pyridine rings is 1. The van der Waals surface area contributed by atoms with Gasteiger partial charge >= 0.3 is 0 Å². The maximum atomic E-state index is 12.3. The fourth-order valence-electron chi connectivity index (χ4n) is 2.67. The Hall–Kier alpha value is -3.42. The molecule has 8 heteroatoms. The molecule has 0 atom stereocenters. The number of rotatable bonds is 6. The smallest absolute Gasteiger partial charge is 0.259 e. The van der Waals surface area contributed by atoms with Gasteiger partial charge in [-0.25, -0.2) is 0 Å². The first-order valence-electron chi connectivity index (χ1n) is 8.61. The van der Waals surface area contributed by atoms with Gasteiger partial charge in [-0.2, -0.15) is 4.98 Å². The third kappa shape index (κ3) is 3.89. The van der Waals surface area contributed by atoms with Crippen molar-refractivity contribution >= 4 is 11.6 Å². The number of anilines is 1. The summed E-state index contributed by atoms with van der Waals surface area (Å²) in [6, 6.07) is 9.95. The second-order valence-corrected chi connectivity index (χ2v) is 6.39. The van der Waals surface area contributed by atoms with Crippen LogP contribution in [0.1, 0.15) is 24.6 Å². The van der Waals surface area contributed by atoms with Gasteiger partial charge < -0.3 is 19.1 Å². The lowest BCUT2D eigenvalue weighted by atomic mass is 10.2. The van der Waals surface area contributed by atoms with Crippen LogP contribution < -0.4 is 15.6 Å². The molecule has 0 spiro atoms. The van der Waals surface area contributed by atoms with Crippen molar-refractivity contribution in [2.24, 2.45) is 0 Å².